The van der Waals surface area contributed by atoms with E-state index in [0.717, 1.165) is 30.0 Å². The quantitative estimate of drug-likeness (QED) is 0.326. The third kappa shape index (κ3) is 5.28. The van der Waals surface area contributed by atoms with Crippen molar-refractivity contribution in [2.45, 2.75) is 58.3 Å². The Morgan fingerprint density at radius 2 is 1.78 bits per heavy atom. The van der Waals surface area contributed by atoms with Gasteiger partial charge in [0.05, 0.1) is 6.61 Å². The topological polar surface area (TPSA) is 12.5 Å². The Kier molecular flexibility index (Phi) is 8.02. The highest BCUT2D eigenvalue weighted by atomic mass is 35.5. The lowest BCUT2D eigenvalue weighted by Crippen LogP contribution is -2.28. The van der Waals surface area contributed by atoms with Gasteiger partial charge in [-0.15, -0.1) is 0 Å². The van der Waals surface area contributed by atoms with Crippen LogP contribution in [0.1, 0.15) is 57.2 Å². The zero-order valence-corrected chi connectivity index (χ0v) is 24.0. The second kappa shape index (κ2) is 10.9. The number of methoxy groups -OCH3 is 1. The third-order valence-corrected chi connectivity index (χ3v) is 8.58. The molecule has 0 spiro atoms. The number of benzene rings is 2. The second-order valence-corrected chi connectivity index (χ2v) is 11.5. The highest BCUT2D eigenvalue weighted by Crippen LogP contribution is 2.47. The van der Waals surface area contributed by atoms with Crippen LogP contribution >= 0.6 is 11.6 Å². The van der Waals surface area contributed by atoms with Crippen molar-refractivity contribution in [3.05, 3.63) is 124 Å². The number of rotatable bonds is 8. The summed E-state index contributed by atoms with van der Waals surface area (Å²) in [6, 6.07) is 17.2. The standard InChI is InChI=1S/C34H40ClNO/c1-24-12-8-9-13-28(24)33(3,4)25(2)16-17-26-18-19-27(32(26)35)20-21-31-34(5,6)29-14-10-11-15-30(29)36(31)22-23-37-7/h8-17,20-21H,2,18-19,22-23H2,1,3-7H3/b17-16?,27-20+,31-21?. The summed E-state index contributed by atoms with van der Waals surface area (Å²) in [5.41, 5.74) is 9.70. The number of aryl methyl sites for hydroxylation is 1. The van der Waals surface area contributed by atoms with E-state index in [0.29, 0.717) is 6.61 Å². The lowest BCUT2D eigenvalue weighted by Gasteiger charge is -2.28. The summed E-state index contributed by atoms with van der Waals surface area (Å²) in [6.45, 7) is 17.1. The van der Waals surface area contributed by atoms with Gasteiger partial charge in [0.15, 0.2) is 0 Å². The molecule has 0 saturated heterocycles. The number of hydrogen-bond acceptors (Lipinski definition) is 2. The van der Waals surface area contributed by atoms with Crippen LogP contribution in [0.2, 0.25) is 0 Å². The minimum absolute atomic E-state index is 0.0855. The fourth-order valence-electron chi connectivity index (χ4n) is 5.61. The third-order valence-electron chi connectivity index (χ3n) is 8.10. The van der Waals surface area contributed by atoms with Crippen LogP contribution in [0.4, 0.5) is 5.69 Å². The molecule has 2 aliphatic rings. The molecule has 0 fully saturated rings. The van der Waals surface area contributed by atoms with Gasteiger partial charge in [-0.1, -0.05) is 107 Å². The Bertz CT molecular complexity index is 1300. The van der Waals surface area contributed by atoms with Crippen molar-refractivity contribution in [1.82, 2.24) is 0 Å². The first-order valence-corrected chi connectivity index (χ1v) is 13.6. The van der Waals surface area contributed by atoms with Crippen LogP contribution in [0.3, 0.4) is 0 Å². The van der Waals surface area contributed by atoms with E-state index >= 15 is 0 Å². The van der Waals surface area contributed by atoms with Gasteiger partial charge in [0.25, 0.3) is 0 Å². The molecule has 0 radical (unpaired) electrons. The smallest absolute Gasteiger partial charge is 0.0642 e. The zero-order valence-electron chi connectivity index (χ0n) is 23.2. The van der Waals surface area contributed by atoms with Crippen LogP contribution in [-0.4, -0.2) is 20.3 Å². The van der Waals surface area contributed by atoms with Crippen molar-refractivity contribution in [1.29, 1.82) is 0 Å². The molecule has 1 aliphatic heterocycles. The fourth-order valence-corrected chi connectivity index (χ4v) is 5.92. The van der Waals surface area contributed by atoms with E-state index in [-0.39, 0.29) is 10.8 Å². The van der Waals surface area contributed by atoms with Gasteiger partial charge in [0.2, 0.25) is 0 Å². The lowest BCUT2D eigenvalue weighted by molar-refractivity contribution is 0.206. The second-order valence-electron chi connectivity index (χ2n) is 11.2. The van der Waals surface area contributed by atoms with E-state index in [9.17, 15) is 0 Å². The minimum atomic E-state index is -0.148. The summed E-state index contributed by atoms with van der Waals surface area (Å²) in [7, 11) is 1.76. The van der Waals surface area contributed by atoms with E-state index in [1.54, 1.807) is 7.11 Å². The summed E-state index contributed by atoms with van der Waals surface area (Å²) in [6.07, 6.45) is 10.7. The highest BCUT2D eigenvalue weighted by molar-refractivity contribution is 6.33. The van der Waals surface area contributed by atoms with Gasteiger partial charge in [-0.3, -0.25) is 0 Å². The first-order valence-electron chi connectivity index (χ1n) is 13.2. The molecule has 0 bridgehead atoms. The van der Waals surface area contributed by atoms with E-state index in [4.69, 9.17) is 16.3 Å². The highest BCUT2D eigenvalue weighted by Gasteiger charge is 2.39. The van der Waals surface area contributed by atoms with Crippen LogP contribution in [0, 0.1) is 6.92 Å². The van der Waals surface area contributed by atoms with Crippen molar-refractivity contribution < 1.29 is 4.74 Å². The molecule has 0 saturated carbocycles. The number of ether oxygens (including phenoxy) is 1. The molecule has 2 aromatic carbocycles. The molecule has 1 heterocycles. The number of hydrogen-bond donors (Lipinski definition) is 0. The molecule has 1 aliphatic carbocycles. The Hall–Kier alpha value is -2.81. The molecule has 2 nitrogen and oxygen atoms in total. The van der Waals surface area contributed by atoms with Crippen LogP contribution in [0.5, 0.6) is 0 Å². The number of anilines is 1. The lowest BCUT2D eigenvalue weighted by atomic mass is 9.76. The monoisotopic (exact) mass is 513 g/mol. The Morgan fingerprint density at radius 1 is 1.08 bits per heavy atom. The molecule has 3 heteroatoms. The Labute approximate surface area is 228 Å². The van der Waals surface area contributed by atoms with Crippen LogP contribution < -0.4 is 4.90 Å². The number of para-hydroxylation sites is 1. The number of nitrogens with zero attached hydrogens (tertiary/aromatic N) is 1. The van der Waals surface area contributed by atoms with Crippen molar-refractivity contribution in [2.24, 2.45) is 0 Å². The molecule has 2 aromatic rings. The zero-order chi connectivity index (χ0) is 26.8. The summed E-state index contributed by atoms with van der Waals surface area (Å²) < 4.78 is 5.42. The predicted molar refractivity (Wildman–Crippen MR) is 159 cm³/mol. The summed E-state index contributed by atoms with van der Waals surface area (Å²) in [5.74, 6) is 0. The van der Waals surface area contributed by atoms with Crippen molar-refractivity contribution in [2.75, 3.05) is 25.2 Å². The van der Waals surface area contributed by atoms with Crippen molar-refractivity contribution >= 4 is 17.3 Å². The van der Waals surface area contributed by atoms with Gasteiger partial charge in [-0.2, -0.15) is 0 Å². The molecular weight excluding hydrogens is 474 g/mol. The van der Waals surface area contributed by atoms with E-state index in [2.05, 4.69) is 119 Å². The Morgan fingerprint density at radius 3 is 2.51 bits per heavy atom. The van der Waals surface area contributed by atoms with E-state index in [1.807, 2.05) is 0 Å². The van der Waals surface area contributed by atoms with Crippen LogP contribution in [-0.2, 0) is 15.6 Å². The predicted octanol–water partition coefficient (Wildman–Crippen LogP) is 8.93. The number of halogens is 1. The molecule has 0 amide bonds. The average Bonchev–Trinajstić information content (AvgIpc) is 3.33. The first-order chi connectivity index (χ1) is 17.6. The summed E-state index contributed by atoms with van der Waals surface area (Å²) in [5, 5.41) is 0.867. The van der Waals surface area contributed by atoms with Crippen LogP contribution in [0.25, 0.3) is 0 Å². The summed E-state index contributed by atoms with van der Waals surface area (Å²) >= 11 is 6.92. The van der Waals surface area contributed by atoms with Gasteiger partial charge < -0.3 is 9.64 Å². The molecule has 37 heavy (non-hydrogen) atoms. The first kappa shape index (κ1) is 27.2. The Balaban J connectivity index is 1.58. The fraction of sp³-hybridized carbons (Fsp3) is 0.353. The molecule has 194 valence electrons. The molecule has 4 rings (SSSR count). The van der Waals surface area contributed by atoms with Crippen molar-refractivity contribution in [3.8, 4) is 0 Å². The maximum Gasteiger partial charge on any atom is 0.0642 e. The van der Waals surface area contributed by atoms with E-state index in [1.165, 1.54) is 39.2 Å². The average molecular weight is 514 g/mol. The van der Waals surface area contributed by atoms with Crippen LogP contribution in [0.15, 0.2) is 107 Å². The summed E-state index contributed by atoms with van der Waals surface area (Å²) in [4.78, 5) is 2.39. The molecule has 0 unspecified atom stereocenters. The van der Waals surface area contributed by atoms with Gasteiger partial charge in [-0.25, -0.2) is 0 Å². The number of fused-ring (bicyclic) bond motifs is 1. The maximum atomic E-state index is 6.92. The molecular formula is C34H40ClNO. The molecule has 0 aromatic heterocycles. The minimum Gasteiger partial charge on any atom is -0.383 e. The van der Waals surface area contributed by atoms with Gasteiger partial charge in [-0.05, 0) is 65.3 Å². The maximum absolute atomic E-state index is 6.92. The van der Waals surface area contributed by atoms with E-state index < -0.39 is 0 Å². The molecule has 0 N–H and O–H groups in total. The van der Waals surface area contributed by atoms with Gasteiger partial charge in [0, 0.05) is 40.9 Å². The largest absolute Gasteiger partial charge is 0.383 e. The van der Waals surface area contributed by atoms with Gasteiger partial charge >= 0.3 is 0 Å². The number of allylic oxidation sites excluding steroid dienone is 9. The van der Waals surface area contributed by atoms with Crippen molar-refractivity contribution in [3.63, 3.8) is 0 Å². The normalized spacial score (nSPS) is 19.5. The SMILES string of the molecule is C=C(C=CC1=C(Cl)/C(=C/C=C2N(CCOC)c3ccccc3C2(C)C)CC1)C(C)(C)c1ccccc1C. The van der Waals surface area contributed by atoms with Gasteiger partial charge in [0.1, 0.15) is 0 Å². The molecule has 0 atom stereocenters.